The zero-order valence-corrected chi connectivity index (χ0v) is 7.74. The number of rotatable bonds is 3. The molecule has 0 saturated carbocycles. The molecule has 0 spiro atoms. The molecule has 1 aromatic carbocycles. The molecule has 1 atom stereocenters. The molecule has 0 heterocycles. The Hall–Kier alpha value is -1.85. The van der Waals surface area contributed by atoms with E-state index in [1.165, 1.54) is 6.92 Å². The van der Waals surface area contributed by atoms with Crippen molar-refractivity contribution in [3.05, 3.63) is 39.4 Å². The smallest absolute Gasteiger partial charge is 0.303 e. The highest BCUT2D eigenvalue weighted by molar-refractivity contribution is 5.62. The lowest BCUT2D eigenvalue weighted by molar-refractivity contribution is -0.387. The lowest BCUT2D eigenvalue weighted by atomic mass is 10.0. The van der Waals surface area contributed by atoms with Crippen molar-refractivity contribution >= 4 is 12.0 Å². The fourth-order valence-corrected chi connectivity index (χ4v) is 1.18. The summed E-state index contributed by atoms with van der Waals surface area (Å²) in [5, 5.41) is 10.4. The van der Waals surface area contributed by atoms with Gasteiger partial charge in [0.05, 0.1) is 4.92 Å². The third-order valence-electron chi connectivity index (χ3n) is 1.96. The first-order valence-electron chi connectivity index (χ1n) is 4.06. The van der Waals surface area contributed by atoms with E-state index in [0.717, 1.165) is 12.1 Å². The summed E-state index contributed by atoms with van der Waals surface area (Å²) >= 11 is 0. The number of nitro groups is 1. The van der Waals surface area contributed by atoms with E-state index in [1.807, 2.05) is 0 Å². The number of aldehydes is 1. The Kier molecular flexibility index (Phi) is 3.08. The fraction of sp³-hybridized carbons (Fsp3) is 0.222. The highest BCUT2D eigenvalue weighted by Crippen LogP contribution is 2.27. The molecule has 0 amide bonds. The van der Waals surface area contributed by atoms with E-state index in [0.29, 0.717) is 6.29 Å². The average Bonchev–Trinajstić information content (AvgIpc) is 2.16. The number of hydrogen-bond donors (Lipinski definition) is 0. The molecule has 80 valence electrons. The lowest BCUT2D eigenvalue weighted by Crippen LogP contribution is -2.05. The summed E-state index contributed by atoms with van der Waals surface area (Å²) in [4.78, 5) is 19.8. The largest absolute Gasteiger partial charge is 0.305 e. The van der Waals surface area contributed by atoms with Crippen molar-refractivity contribution in [2.75, 3.05) is 0 Å². The van der Waals surface area contributed by atoms with Gasteiger partial charge in [0.2, 0.25) is 5.82 Å². The van der Waals surface area contributed by atoms with Gasteiger partial charge in [-0.15, -0.1) is 0 Å². The quantitative estimate of drug-likeness (QED) is 0.441. The fourth-order valence-electron chi connectivity index (χ4n) is 1.18. The van der Waals surface area contributed by atoms with Gasteiger partial charge in [0.15, 0.2) is 0 Å². The SMILES string of the molecule is CC(C=O)c1c(F)ccc([N+](=O)[O-])c1F. The second kappa shape index (κ2) is 4.12. The van der Waals surface area contributed by atoms with E-state index < -0.39 is 33.7 Å². The Balaban J connectivity index is 3.42. The number of nitrogens with zero attached hydrogens (tertiary/aromatic N) is 1. The number of halogens is 2. The van der Waals surface area contributed by atoms with Crippen molar-refractivity contribution in [1.82, 2.24) is 0 Å². The van der Waals surface area contributed by atoms with Gasteiger partial charge in [-0.1, -0.05) is 6.92 Å². The van der Waals surface area contributed by atoms with Crippen LogP contribution < -0.4 is 0 Å². The first-order valence-corrected chi connectivity index (χ1v) is 4.06. The second-order valence-corrected chi connectivity index (χ2v) is 2.98. The van der Waals surface area contributed by atoms with Crippen LogP contribution in [0.5, 0.6) is 0 Å². The molecule has 0 N–H and O–H groups in total. The summed E-state index contributed by atoms with van der Waals surface area (Å²) in [5.74, 6) is -3.30. The summed E-state index contributed by atoms with van der Waals surface area (Å²) < 4.78 is 26.5. The Labute approximate surface area is 83.7 Å². The van der Waals surface area contributed by atoms with Gasteiger partial charge in [0.25, 0.3) is 0 Å². The van der Waals surface area contributed by atoms with Crippen LogP contribution in [0.4, 0.5) is 14.5 Å². The topological polar surface area (TPSA) is 60.2 Å². The minimum Gasteiger partial charge on any atom is -0.303 e. The highest BCUT2D eigenvalue weighted by Gasteiger charge is 2.24. The number of benzene rings is 1. The Morgan fingerprint density at radius 1 is 1.47 bits per heavy atom. The van der Waals surface area contributed by atoms with Crippen molar-refractivity contribution in [2.24, 2.45) is 0 Å². The summed E-state index contributed by atoms with van der Waals surface area (Å²) in [6.07, 6.45) is 0.325. The minimum absolute atomic E-state index is 0.325. The normalized spacial score (nSPS) is 12.2. The number of carbonyl (C=O) groups excluding carboxylic acids is 1. The molecule has 0 radical (unpaired) electrons. The maximum absolute atomic E-state index is 13.4. The van der Waals surface area contributed by atoms with Crippen molar-refractivity contribution in [2.45, 2.75) is 12.8 Å². The van der Waals surface area contributed by atoms with Crippen LogP contribution in [-0.2, 0) is 4.79 Å². The van der Waals surface area contributed by atoms with E-state index >= 15 is 0 Å². The van der Waals surface area contributed by atoms with Crippen molar-refractivity contribution < 1.29 is 18.5 Å². The van der Waals surface area contributed by atoms with Gasteiger partial charge in [-0.2, -0.15) is 4.39 Å². The molecule has 1 unspecified atom stereocenters. The molecule has 0 aromatic heterocycles. The monoisotopic (exact) mass is 215 g/mol. The van der Waals surface area contributed by atoms with Crippen molar-refractivity contribution in [1.29, 1.82) is 0 Å². The predicted molar refractivity (Wildman–Crippen MR) is 47.5 cm³/mol. The number of hydrogen-bond acceptors (Lipinski definition) is 3. The average molecular weight is 215 g/mol. The third-order valence-corrected chi connectivity index (χ3v) is 1.96. The summed E-state index contributed by atoms with van der Waals surface area (Å²) in [6, 6.07) is 1.50. The maximum atomic E-state index is 13.4. The number of nitro benzene ring substituents is 1. The minimum atomic E-state index is -1.29. The summed E-state index contributed by atoms with van der Waals surface area (Å²) in [7, 11) is 0. The molecule has 1 rings (SSSR count). The highest BCUT2D eigenvalue weighted by atomic mass is 19.1. The zero-order chi connectivity index (χ0) is 11.6. The molecule has 0 aliphatic rings. The van der Waals surface area contributed by atoms with Crippen molar-refractivity contribution in [3.63, 3.8) is 0 Å². The van der Waals surface area contributed by atoms with Gasteiger partial charge < -0.3 is 4.79 Å². The molecule has 0 saturated heterocycles. The van der Waals surface area contributed by atoms with Crippen LogP contribution in [0.25, 0.3) is 0 Å². The van der Waals surface area contributed by atoms with E-state index in [-0.39, 0.29) is 0 Å². The van der Waals surface area contributed by atoms with Crippen LogP contribution in [0.15, 0.2) is 12.1 Å². The van der Waals surface area contributed by atoms with Gasteiger partial charge in [-0.25, -0.2) is 4.39 Å². The molecule has 0 aliphatic heterocycles. The summed E-state index contributed by atoms with van der Waals surface area (Å²) in [6.45, 7) is 1.26. The van der Waals surface area contributed by atoms with Gasteiger partial charge in [-0.05, 0) is 6.07 Å². The molecule has 4 nitrogen and oxygen atoms in total. The van der Waals surface area contributed by atoms with E-state index in [2.05, 4.69) is 0 Å². The first-order chi connectivity index (χ1) is 6.99. The molecule has 6 heteroatoms. The van der Waals surface area contributed by atoms with Crippen molar-refractivity contribution in [3.8, 4) is 0 Å². The van der Waals surface area contributed by atoms with Crippen LogP contribution in [0, 0.1) is 21.7 Å². The van der Waals surface area contributed by atoms with Gasteiger partial charge in [0, 0.05) is 17.5 Å². The first kappa shape index (κ1) is 11.2. The molecule has 15 heavy (non-hydrogen) atoms. The molecular weight excluding hydrogens is 208 g/mol. The summed E-state index contributed by atoms with van der Waals surface area (Å²) in [5.41, 5.74) is -1.40. The predicted octanol–water partition coefficient (Wildman–Crippen LogP) is 2.18. The molecule has 0 aliphatic carbocycles. The number of carbonyl (C=O) groups is 1. The van der Waals surface area contributed by atoms with Crippen LogP contribution in [-0.4, -0.2) is 11.2 Å². The molecule has 0 bridgehead atoms. The maximum Gasteiger partial charge on any atom is 0.305 e. The molecule has 0 fully saturated rings. The molecular formula is C9H7F2NO3. The van der Waals surface area contributed by atoms with Gasteiger partial charge >= 0.3 is 5.69 Å². The van der Waals surface area contributed by atoms with Crippen LogP contribution in [0.1, 0.15) is 18.4 Å². The third kappa shape index (κ3) is 1.98. The van der Waals surface area contributed by atoms with Crippen LogP contribution in [0.3, 0.4) is 0 Å². The van der Waals surface area contributed by atoms with Crippen LogP contribution >= 0.6 is 0 Å². The second-order valence-electron chi connectivity index (χ2n) is 2.98. The van der Waals surface area contributed by atoms with E-state index in [1.54, 1.807) is 0 Å². The van der Waals surface area contributed by atoms with E-state index in [9.17, 15) is 23.7 Å². The molecule has 1 aromatic rings. The lowest BCUT2D eigenvalue weighted by Gasteiger charge is -2.06. The Morgan fingerprint density at radius 2 is 2.07 bits per heavy atom. The Morgan fingerprint density at radius 3 is 2.53 bits per heavy atom. The zero-order valence-electron chi connectivity index (χ0n) is 7.74. The van der Waals surface area contributed by atoms with Gasteiger partial charge in [-0.3, -0.25) is 10.1 Å². The Bertz CT molecular complexity index is 420. The van der Waals surface area contributed by atoms with Crippen LogP contribution in [0.2, 0.25) is 0 Å². The van der Waals surface area contributed by atoms with Gasteiger partial charge in [0.1, 0.15) is 12.1 Å². The van der Waals surface area contributed by atoms with E-state index in [4.69, 9.17) is 0 Å². The standard InChI is InChI=1S/C9H7F2NO3/c1-5(4-13)8-6(10)2-3-7(9(8)11)12(14)15/h2-5H,1H3.